The van der Waals surface area contributed by atoms with E-state index in [1.807, 2.05) is 0 Å². The maximum atomic E-state index is 4.00. The van der Waals surface area contributed by atoms with Crippen molar-refractivity contribution in [3.63, 3.8) is 0 Å². The topological polar surface area (TPSA) is 0 Å². The summed E-state index contributed by atoms with van der Waals surface area (Å²) < 4.78 is 0. The molecule has 0 saturated carbocycles. The Morgan fingerprint density at radius 2 is 0.135 bits per heavy atom. The van der Waals surface area contributed by atoms with E-state index < -0.39 is 377 Å². The van der Waals surface area contributed by atoms with Crippen LogP contribution in [0.2, 0.25) is 0 Å². The Morgan fingerprint density at radius 1 is 0.0811 bits per heavy atom. The lowest BCUT2D eigenvalue weighted by atomic mass is 28.3. The molecule has 0 spiro atoms. The van der Waals surface area contributed by atoms with Crippen LogP contribution in [0.4, 0.5) is 0 Å². The van der Waals surface area contributed by atoms with Gasteiger partial charge in [0.05, 0.1) is 0 Å². The zero-order valence-corrected chi connectivity index (χ0v) is 171. The van der Waals surface area contributed by atoms with Gasteiger partial charge in [0, 0.05) is 0 Å². The van der Waals surface area contributed by atoms with E-state index in [2.05, 4.69) is 500 Å². The highest BCUT2D eigenvalue weighted by atomic mass is 33.7. The van der Waals surface area contributed by atoms with Crippen molar-refractivity contribution >= 4 is 885 Å². The van der Waals surface area contributed by atoms with Crippen LogP contribution in [0, 0.1) is 0 Å². The Kier molecular flexibility index (Phi) is 125. The van der Waals surface area contributed by atoms with Gasteiger partial charge in [-0.25, -0.2) is 0 Å². The summed E-state index contributed by atoms with van der Waals surface area (Å²) in [7, 11) is 217. The second-order valence-corrected chi connectivity index (χ2v) is 478. The molecule has 111 heteroatoms. The Balaban J connectivity index is 15.7. The molecule has 0 nitrogen and oxygen atoms in total. The largest absolute Gasteiger partial charge is 0.109 e. The molecule has 111 heavy (non-hydrogen) atoms. The van der Waals surface area contributed by atoms with Gasteiger partial charge in [-0.05, 0) is 377 Å². The summed E-state index contributed by atoms with van der Waals surface area (Å²) in [4.78, 5) is 0. The summed E-state index contributed by atoms with van der Waals surface area (Å²) in [5, 5.41) is 0. The van der Waals surface area contributed by atoms with E-state index in [1.54, 1.807) is 0 Å². The highest BCUT2D eigenvalue weighted by molar-refractivity contribution is 9.62. The van der Waals surface area contributed by atoms with Crippen molar-refractivity contribution < 1.29 is 0 Å². The fraction of sp³-hybridized carbons (Fsp3) is 0. The van der Waals surface area contributed by atoms with Crippen LogP contribution >= 0.6 is 885 Å². The first-order valence-electron chi connectivity index (χ1n) is 25.3. The van der Waals surface area contributed by atoms with E-state index in [1.165, 1.54) is 0 Å². The molecule has 0 amide bonds. The summed E-state index contributed by atoms with van der Waals surface area (Å²) in [5.74, 6) is 0. The van der Waals surface area contributed by atoms with E-state index >= 15 is 0 Å². The minimum Gasteiger partial charge on any atom is -0.109 e. The fourth-order valence-corrected chi connectivity index (χ4v) is 1670. The first-order valence-corrected chi connectivity index (χ1v) is 228. The molecule has 0 aliphatic rings. The second kappa shape index (κ2) is 87.3. The first-order chi connectivity index (χ1) is 50.5. The van der Waals surface area contributed by atoms with Crippen molar-refractivity contribution in [3.8, 4) is 0 Å². The molecular formula is H113P111. The predicted molar refractivity (Wildman–Crippen MR) is 926 cm³/mol. The molecule has 0 fully saturated rings. The van der Waals surface area contributed by atoms with Crippen LogP contribution in [0.5, 0.6) is 0 Å². The van der Waals surface area contributed by atoms with Crippen LogP contribution in [0.25, 0.3) is 0 Å². The molecule has 0 radical (unpaired) electrons. The van der Waals surface area contributed by atoms with E-state index in [4.69, 9.17) is 0 Å². The Morgan fingerprint density at radius 3 is 0.189 bits per heavy atom. The minimum atomic E-state index is -0.736. The minimum absolute atomic E-state index is 0.408. The average molecular weight is 3550 g/mol. The van der Waals surface area contributed by atoms with Gasteiger partial charge < -0.3 is 0 Å². The Bertz CT molecular complexity index is 1890. The van der Waals surface area contributed by atoms with E-state index in [9.17, 15) is 0 Å². The molecule has 0 aromatic carbocycles. The molecule has 0 aliphatic heterocycles. The molecule has 0 aromatic heterocycles. The normalized spacial score (nSPS) is 15.8. The van der Waals surface area contributed by atoms with Gasteiger partial charge in [-0.1, -0.05) is 7.96 Å². The van der Waals surface area contributed by atoms with Crippen LogP contribution in [0.15, 0.2) is 0 Å². The number of hydrogen-bond donors (Lipinski definition) is 0. The van der Waals surface area contributed by atoms with Crippen LogP contribution in [-0.2, 0) is 0 Å². The Hall–Kier alpha value is 47.7. The number of rotatable bonds is 54. The van der Waals surface area contributed by atoms with Crippen molar-refractivity contribution in [3.05, 3.63) is 0 Å². The van der Waals surface area contributed by atoms with Gasteiger partial charge in [0.2, 0.25) is 0 Å². The maximum Gasteiger partial charge on any atom is -0.000000198 e. The van der Waals surface area contributed by atoms with Gasteiger partial charge >= 0.3 is 0 Å². The molecule has 0 aromatic rings. The smallest absolute Gasteiger partial charge is 0.000000198 e. The SMILES string of the molecule is PPP(P)P(P(P)P)P(P(P(P)P)P(P)P)P(P(P(P(P(P)P)P(P)P)P(P(P)P)P(P)P)P(P(P(P)P)P(P)P)P(P(P)P)P(P)P)P(P(P(P(P(P)P)P(P)P)P(P(P)P)P(P)P)P(P(P(P)P)P(P)P)P(P(P)P)P(P)P)P(P(P(P(P)P)P(P)P)P(P(P)P)P(P)P)P(P(P(P)P)P(P)P)P(P(P)P)P(P)P. The molecule has 0 heterocycles. The van der Waals surface area contributed by atoms with Gasteiger partial charge in [-0.2, -0.15) is 0 Å². The van der Waals surface area contributed by atoms with Gasteiger partial charge in [-0.15, -0.1) is 500 Å². The summed E-state index contributed by atoms with van der Waals surface area (Å²) in [6.45, 7) is -27.2. The Labute approximate surface area is 870 Å². The molecule has 61 atom stereocenters. The van der Waals surface area contributed by atoms with E-state index in [0.29, 0.717) is 0 Å². The second-order valence-electron chi connectivity index (χ2n) is 17.7. The quantitative estimate of drug-likeness (QED) is 0.0533. The van der Waals surface area contributed by atoms with Gasteiger partial charge in [0.25, 0.3) is 0 Å². The monoisotopic (exact) mass is 3550 g/mol. The first kappa shape index (κ1) is 159. The zero-order valence-electron chi connectivity index (χ0n) is 57.0. The zero-order chi connectivity index (χ0) is 87.9. The van der Waals surface area contributed by atoms with Crippen LogP contribution < -0.4 is 0 Å². The van der Waals surface area contributed by atoms with Crippen molar-refractivity contribution in [1.82, 2.24) is 0 Å². The van der Waals surface area contributed by atoms with Crippen molar-refractivity contribution in [1.29, 1.82) is 0 Å². The lowest BCUT2D eigenvalue weighted by Crippen LogP contribution is -1.78. The van der Waals surface area contributed by atoms with Gasteiger partial charge in [0.15, 0.2) is 0 Å². The summed E-state index contributed by atoms with van der Waals surface area (Å²) in [6, 6.07) is 0. The van der Waals surface area contributed by atoms with E-state index in [-0.39, 0.29) is 0 Å². The van der Waals surface area contributed by atoms with Crippen molar-refractivity contribution in [2.24, 2.45) is 0 Å². The van der Waals surface area contributed by atoms with E-state index in [0.717, 1.165) is 7.96 Å². The molecule has 0 rings (SSSR count). The summed E-state index contributed by atoms with van der Waals surface area (Å²) >= 11 is 0. The lowest BCUT2D eigenvalue weighted by molar-refractivity contribution is 4.28. The molecule has 61 unspecified atom stereocenters. The molecule has 0 aliphatic carbocycles. The third kappa shape index (κ3) is 55.8. The highest BCUT2D eigenvalue weighted by Crippen LogP contribution is 3.56. The molecule has 0 bridgehead atoms. The van der Waals surface area contributed by atoms with Gasteiger partial charge in [-0.3, -0.25) is 0 Å². The van der Waals surface area contributed by atoms with Crippen LogP contribution in [0.3, 0.4) is 0 Å². The molecule has 0 saturated heterocycles. The molecule has 668 valence electrons. The molecule has 0 N–H and O–H groups in total. The van der Waals surface area contributed by atoms with Crippen molar-refractivity contribution in [2.75, 3.05) is 0 Å². The van der Waals surface area contributed by atoms with Crippen molar-refractivity contribution in [2.45, 2.75) is 0 Å². The predicted octanol–water partition coefficient (Wildman–Crippen LogP) is 65.3. The van der Waals surface area contributed by atoms with Gasteiger partial charge in [0.1, 0.15) is 0 Å². The standard InChI is InChI=1S/H113P111/c1-57-85(56)99(84(54)55)106(98(82(50)51)83(52)53)110(107(100(86(58(2)3)59(4)5)87(60(6)7)61(8)9)101(88(62(10)11)63(12)13)89(64(14)15)65(16)17)111(108(102(90(66(18)19)67(20)21)91(68(22)23)69(24)25)103(92(70(26)27)71(28)29)93(72(30)31)73(32)33)109(104(94(74(34)35)75(36)37)95(76(38)39)77(40)41)105(96(78(42)43)79(44)45)97(80(46)47)81(48)49/h57H,1-56H2. The third-order valence-electron chi connectivity index (χ3n) is 9.90. The van der Waals surface area contributed by atoms with Crippen LogP contribution in [-0.4, -0.2) is 0 Å². The number of hydrogen-bond acceptors (Lipinski definition) is 0. The molecular weight excluding hydrogens is 3440 g/mol. The highest BCUT2D eigenvalue weighted by Gasteiger charge is 2.69. The van der Waals surface area contributed by atoms with Crippen LogP contribution in [0.1, 0.15) is 0 Å². The lowest BCUT2D eigenvalue weighted by Gasteiger charge is -2.65. The fourth-order valence-electron chi connectivity index (χ4n) is 6.87. The average Bonchev–Trinajstić information content (AvgIpc) is 0.704. The summed E-state index contributed by atoms with van der Waals surface area (Å²) in [5.41, 5.74) is 0. The maximum absolute atomic E-state index is 4.00. The third-order valence-corrected chi connectivity index (χ3v) is 802. The summed E-state index contributed by atoms with van der Waals surface area (Å²) in [6.07, 6.45) is 0.